The number of nitrogens with one attached hydrogen (secondary N) is 1. The number of amides is 1. The summed E-state index contributed by atoms with van der Waals surface area (Å²) in [5.41, 5.74) is 2.10. The fourth-order valence-corrected chi connectivity index (χ4v) is 3.23. The van der Waals surface area contributed by atoms with E-state index in [1.54, 1.807) is 18.2 Å². The van der Waals surface area contributed by atoms with Crippen LogP contribution in [-0.4, -0.2) is 12.5 Å². The van der Waals surface area contributed by atoms with Gasteiger partial charge in [-0.15, -0.1) is 0 Å². The summed E-state index contributed by atoms with van der Waals surface area (Å²) in [7, 11) is 0. The molecule has 0 spiro atoms. The van der Waals surface area contributed by atoms with Gasteiger partial charge in [0.15, 0.2) is 0 Å². The maximum absolute atomic E-state index is 12.2. The first-order chi connectivity index (χ1) is 10.6. The molecule has 1 N–H and O–H groups in total. The highest BCUT2D eigenvalue weighted by Gasteiger charge is 2.44. The third-order valence-electron chi connectivity index (χ3n) is 4.26. The molecule has 0 unspecified atom stereocenters. The summed E-state index contributed by atoms with van der Waals surface area (Å²) in [5.74, 6) is -0.0443. The molecule has 3 rings (SSSR count). The number of carbonyl (C=O) groups excluding carboxylic acids is 1. The van der Waals surface area contributed by atoms with Crippen molar-refractivity contribution in [1.82, 2.24) is 5.32 Å². The molecule has 1 saturated carbocycles. The average molecular weight is 334 g/mol. The van der Waals surface area contributed by atoms with Crippen LogP contribution in [0.25, 0.3) is 0 Å². The van der Waals surface area contributed by atoms with Gasteiger partial charge in [0.25, 0.3) is 0 Å². The van der Waals surface area contributed by atoms with Gasteiger partial charge in [0.1, 0.15) is 0 Å². The van der Waals surface area contributed by atoms with Crippen molar-refractivity contribution in [2.24, 2.45) is 0 Å². The van der Waals surface area contributed by atoms with Crippen LogP contribution in [0.1, 0.15) is 24.0 Å². The lowest BCUT2D eigenvalue weighted by Gasteiger charge is -2.17. The molecule has 114 valence electrons. The highest BCUT2D eigenvalue weighted by atomic mass is 35.5. The molecule has 2 nitrogen and oxygen atoms in total. The first-order valence-corrected chi connectivity index (χ1v) is 8.11. The van der Waals surface area contributed by atoms with Crippen LogP contribution in [0.15, 0.2) is 48.5 Å². The zero-order valence-electron chi connectivity index (χ0n) is 12.1. The maximum atomic E-state index is 12.2. The lowest BCUT2D eigenvalue weighted by molar-refractivity contribution is -0.120. The van der Waals surface area contributed by atoms with Crippen LogP contribution in [-0.2, 0) is 16.6 Å². The third-order valence-corrected chi connectivity index (χ3v) is 4.97. The Morgan fingerprint density at radius 3 is 2.23 bits per heavy atom. The number of benzene rings is 2. The molecular formula is C18H17Cl2NO. The normalized spacial score (nSPS) is 15.4. The molecule has 4 heteroatoms. The zero-order valence-corrected chi connectivity index (χ0v) is 13.6. The summed E-state index contributed by atoms with van der Waals surface area (Å²) in [6, 6.07) is 15.6. The van der Waals surface area contributed by atoms with E-state index < -0.39 is 0 Å². The van der Waals surface area contributed by atoms with Crippen LogP contribution in [0.2, 0.25) is 10.0 Å². The van der Waals surface area contributed by atoms with Crippen molar-refractivity contribution in [3.63, 3.8) is 0 Å². The second-order valence-electron chi connectivity index (χ2n) is 5.80. The van der Waals surface area contributed by atoms with Gasteiger partial charge >= 0.3 is 0 Å². The lowest BCUT2D eigenvalue weighted by Crippen LogP contribution is -2.33. The van der Waals surface area contributed by atoms with Gasteiger partial charge in [-0.1, -0.05) is 59.6 Å². The predicted octanol–water partition coefficient (Wildman–Crippen LogP) is 4.38. The van der Waals surface area contributed by atoms with Crippen LogP contribution >= 0.6 is 23.2 Å². The summed E-state index contributed by atoms with van der Waals surface area (Å²) in [6.07, 6.45) is 2.44. The molecule has 0 radical (unpaired) electrons. The largest absolute Gasteiger partial charge is 0.355 e. The Morgan fingerprint density at radius 2 is 1.64 bits per heavy atom. The van der Waals surface area contributed by atoms with Gasteiger partial charge in [0, 0.05) is 22.0 Å². The molecule has 22 heavy (non-hydrogen) atoms. The van der Waals surface area contributed by atoms with E-state index in [-0.39, 0.29) is 17.7 Å². The summed E-state index contributed by atoms with van der Waals surface area (Å²) < 4.78 is 0. The summed E-state index contributed by atoms with van der Waals surface area (Å²) >= 11 is 12.2. The van der Waals surface area contributed by atoms with Crippen LogP contribution in [0.5, 0.6) is 0 Å². The van der Waals surface area contributed by atoms with Gasteiger partial charge in [-0.3, -0.25) is 4.79 Å². The summed E-state index contributed by atoms with van der Waals surface area (Å²) in [4.78, 5) is 12.2. The Balaban J connectivity index is 1.62. The van der Waals surface area contributed by atoms with E-state index in [2.05, 4.69) is 17.4 Å². The van der Waals surface area contributed by atoms with Crippen molar-refractivity contribution in [3.05, 3.63) is 69.7 Å². The SMILES string of the molecule is O=C(Cc1c(Cl)cccc1Cl)NCC1(c2ccccc2)CC1. The number of hydrogen-bond acceptors (Lipinski definition) is 1. The zero-order chi connectivity index (χ0) is 15.6. The minimum Gasteiger partial charge on any atom is -0.355 e. The molecule has 2 aromatic carbocycles. The smallest absolute Gasteiger partial charge is 0.224 e. The molecule has 0 aromatic heterocycles. The third kappa shape index (κ3) is 3.29. The van der Waals surface area contributed by atoms with Crippen molar-refractivity contribution in [3.8, 4) is 0 Å². The minimum atomic E-state index is -0.0443. The molecule has 0 aliphatic heterocycles. The first kappa shape index (κ1) is 15.4. The average Bonchev–Trinajstić information content (AvgIpc) is 3.31. The standard InChI is InChI=1S/C18H17Cl2NO/c19-15-7-4-8-16(20)14(15)11-17(22)21-12-18(9-10-18)13-5-2-1-3-6-13/h1-8H,9-12H2,(H,21,22). The molecule has 1 fully saturated rings. The molecule has 0 atom stereocenters. The second kappa shape index (κ2) is 6.31. The minimum absolute atomic E-state index is 0.0443. The van der Waals surface area contributed by atoms with Crippen molar-refractivity contribution >= 4 is 29.1 Å². The maximum Gasteiger partial charge on any atom is 0.224 e. The quantitative estimate of drug-likeness (QED) is 0.864. The van der Waals surface area contributed by atoms with E-state index in [9.17, 15) is 4.79 Å². The van der Waals surface area contributed by atoms with E-state index >= 15 is 0 Å². The molecule has 1 aliphatic carbocycles. The van der Waals surface area contributed by atoms with Gasteiger partial charge in [-0.2, -0.15) is 0 Å². The van der Waals surface area contributed by atoms with Crippen LogP contribution in [0, 0.1) is 0 Å². The van der Waals surface area contributed by atoms with Crippen molar-refractivity contribution in [1.29, 1.82) is 0 Å². The van der Waals surface area contributed by atoms with Crippen LogP contribution in [0.3, 0.4) is 0 Å². The molecular weight excluding hydrogens is 317 g/mol. The highest BCUT2D eigenvalue weighted by Crippen LogP contribution is 2.47. The Morgan fingerprint density at radius 1 is 1.00 bits per heavy atom. The second-order valence-corrected chi connectivity index (χ2v) is 6.61. The predicted molar refractivity (Wildman–Crippen MR) is 90.5 cm³/mol. The topological polar surface area (TPSA) is 29.1 Å². The number of halogens is 2. The van der Waals surface area contributed by atoms with Crippen LogP contribution < -0.4 is 5.32 Å². The van der Waals surface area contributed by atoms with Gasteiger partial charge in [-0.25, -0.2) is 0 Å². The molecule has 0 heterocycles. The fourth-order valence-electron chi connectivity index (χ4n) is 2.70. The van der Waals surface area contributed by atoms with Crippen molar-refractivity contribution in [2.75, 3.05) is 6.54 Å². The molecule has 1 aliphatic rings. The Labute approximate surface area is 140 Å². The number of hydrogen-bond donors (Lipinski definition) is 1. The van der Waals surface area contributed by atoms with E-state index in [0.717, 1.165) is 12.8 Å². The van der Waals surface area contributed by atoms with Gasteiger partial charge in [0.2, 0.25) is 5.91 Å². The van der Waals surface area contributed by atoms with E-state index in [1.807, 2.05) is 18.2 Å². The van der Waals surface area contributed by atoms with Crippen molar-refractivity contribution < 1.29 is 4.79 Å². The first-order valence-electron chi connectivity index (χ1n) is 7.36. The molecule has 0 bridgehead atoms. The van der Waals surface area contributed by atoms with Crippen molar-refractivity contribution in [2.45, 2.75) is 24.7 Å². The van der Waals surface area contributed by atoms with Gasteiger partial charge in [0.05, 0.1) is 6.42 Å². The molecule has 2 aromatic rings. The Bertz CT molecular complexity index is 660. The van der Waals surface area contributed by atoms with Gasteiger partial charge in [-0.05, 0) is 36.1 Å². The van der Waals surface area contributed by atoms with Gasteiger partial charge < -0.3 is 5.32 Å². The number of carbonyl (C=O) groups is 1. The van der Waals surface area contributed by atoms with E-state index in [1.165, 1.54) is 5.56 Å². The number of rotatable bonds is 5. The fraction of sp³-hybridized carbons (Fsp3) is 0.278. The Hall–Kier alpha value is -1.51. The molecule has 0 saturated heterocycles. The summed E-state index contributed by atoms with van der Waals surface area (Å²) in [5, 5.41) is 4.10. The monoisotopic (exact) mass is 333 g/mol. The van der Waals surface area contributed by atoms with E-state index in [0.29, 0.717) is 22.2 Å². The van der Waals surface area contributed by atoms with E-state index in [4.69, 9.17) is 23.2 Å². The molecule has 1 amide bonds. The lowest BCUT2D eigenvalue weighted by atomic mass is 9.96. The van der Waals surface area contributed by atoms with Crippen LogP contribution in [0.4, 0.5) is 0 Å². The Kier molecular flexibility index (Phi) is 4.42. The summed E-state index contributed by atoms with van der Waals surface area (Å²) in [6.45, 7) is 0.665. The highest BCUT2D eigenvalue weighted by molar-refractivity contribution is 6.36.